The van der Waals surface area contributed by atoms with Crippen molar-refractivity contribution >= 4 is 12.0 Å². The van der Waals surface area contributed by atoms with E-state index in [4.69, 9.17) is 5.41 Å². The Bertz CT molecular complexity index is 880. The van der Waals surface area contributed by atoms with Crippen LogP contribution in [0.1, 0.15) is 12.5 Å². The summed E-state index contributed by atoms with van der Waals surface area (Å²) < 4.78 is 41.3. The van der Waals surface area contributed by atoms with E-state index in [-0.39, 0.29) is 11.7 Å². The van der Waals surface area contributed by atoms with Crippen LogP contribution in [0.4, 0.5) is 18.0 Å². The van der Waals surface area contributed by atoms with E-state index in [1.54, 1.807) is 37.3 Å². The largest absolute Gasteiger partial charge is 0.573 e. The zero-order valence-electron chi connectivity index (χ0n) is 14.5. The monoisotopic (exact) mass is 378 g/mol. The predicted octanol–water partition coefficient (Wildman–Crippen LogP) is 3.60. The third-order valence-electron chi connectivity index (χ3n) is 4.21. The van der Waals surface area contributed by atoms with Crippen LogP contribution in [-0.4, -0.2) is 30.3 Å². The van der Waals surface area contributed by atoms with Crippen LogP contribution in [-0.2, 0) is 5.66 Å². The quantitative estimate of drug-likeness (QED) is 0.764. The number of guanidine groups is 1. The molecule has 9 heteroatoms. The highest BCUT2D eigenvalue weighted by molar-refractivity contribution is 5.97. The number of nitrogens with one attached hydrogen (secondary N) is 3. The number of ether oxygens (including phenoxy) is 1. The molecule has 0 spiro atoms. The van der Waals surface area contributed by atoms with Crippen LogP contribution in [0.3, 0.4) is 0 Å². The van der Waals surface area contributed by atoms with Gasteiger partial charge in [0.1, 0.15) is 11.4 Å². The zero-order chi connectivity index (χ0) is 19.8. The lowest BCUT2D eigenvalue weighted by Crippen LogP contribution is -2.67. The van der Waals surface area contributed by atoms with Gasteiger partial charge < -0.3 is 15.4 Å². The van der Waals surface area contributed by atoms with E-state index >= 15 is 0 Å². The number of nitrogens with zero attached hydrogens (tertiary/aromatic N) is 1. The van der Waals surface area contributed by atoms with Crippen LogP contribution >= 0.6 is 0 Å². The number of urea groups is 1. The molecule has 0 radical (unpaired) electrons. The van der Waals surface area contributed by atoms with Gasteiger partial charge in [-0.05, 0) is 41.8 Å². The minimum Gasteiger partial charge on any atom is -0.406 e. The van der Waals surface area contributed by atoms with E-state index in [1.165, 1.54) is 25.2 Å². The second-order valence-electron chi connectivity index (χ2n) is 6.24. The van der Waals surface area contributed by atoms with Crippen LogP contribution < -0.4 is 15.4 Å². The molecule has 142 valence electrons. The first-order valence-corrected chi connectivity index (χ1v) is 7.97. The number of hydrogen-bond acceptors (Lipinski definition) is 3. The molecule has 1 heterocycles. The number of alkyl halides is 3. The second kappa shape index (κ2) is 6.49. The molecule has 1 atom stereocenters. The Morgan fingerprint density at radius 1 is 1.07 bits per heavy atom. The highest BCUT2D eigenvalue weighted by Crippen LogP contribution is 2.30. The lowest BCUT2D eigenvalue weighted by Gasteiger charge is -2.40. The Balaban J connectivity index is 1.94. The molecule has 2 aromatic rings. The third-order valence-corrected chi connectivity index (χ3v) is 4.21. The summed E-state index contributed by atoms with van der Waals surface area (Å²) >= 11 is 0. The predicted molar refractivity (Wildman–Crippen MR) is 93.1 cm³/mol. The molecule has 27 heavy (non-hydrogen) atoms. The van der Waals surface area contributed by atoms with Crippen molar-refractivity contribution in [3.8, 4) is 16.9 Å². The first kappa shape index (κ1) is 18.6. The van der Waals surface area contributed by atoms with E-state index in [0.717, 1.165) is 4.90 Å². The van der Waals surface area contributed by atoms with Gasteiger partial charge in [0.05, 0.1) is 0 Å². The van der Waals surface area contributed by atoms with E-state index in [9.17, 15) is 18.0 Å². The first-order valence-electron chi connectivity index (χ1n) is 7.97. The molecule has 3 rings (SSSR count). The van der Waals surface area contributed by atoms with Crippen molar-refractivity contribution in [1.29, 1.82) is 5.41 Å². The zero-order valence-corrected chi connectivity index (χ0v) is 14.5. The van der Waals surface area contributed by atoms with Gasteiger partial charge in [-0.3, -0.25) is 10.3 Å². The summed E-state index contributed by atoms with van der Waals surface area (Å²) in [5, 5.41) is 13.6. The average molecular weight is 378 g/mol. The Morgan fingerprint density at radius 2 is 1.70 bits per heavy atom. The fourth-order valence-electron chi connectivity index (χ4n) is 2.78. The maximum atomic E-state index is 12.4. The van der Waals surface area contributed by atoms with Gasteiger partial charge in [-0.25, -0.2) is 4.79 Å². The average Bonchev–Trinajstić information content (AvgIpc) is 2.58. The molecular formula is C18H17F3N4O2. The molecule has 2 amide bonds. The van der Waals surface area contributed by atoms with Crippen LogP contribution in [0.2, 0.25) is 0 Å². The van der Waals surface area contributed by atoms with E-state index < -0.39 is 18.1 Å². The Kier molecular flexibility index (Phi) is 4.46. The summed E-state index contributed by atoms with van der Waals surface area (Å²) in [6, 6.07) is 12.2. The molecule has 0 bridgehead atoms. The molecule has 2 aromatic carbocycles. The molecule has 0 aliphatic carbocycles. The molecule has 1 fully saturated rings. The molecule has 0 saturated carbocycles. The summed E-state index contributed by atoms with van der Waals surface area (Å²) in [5.74, 6) is -0.378. The molecule has 1 aliphatic rings. The summed E-state index contributed by atoms with van der Waals surface area (Å²) in [6.07, 6.45) is -4.77. The molecular weight excluding hydrogens is 361 g/mol. The van der Waals surface area contributed by atoms with Crippen LogP contribution in [0.25, 0.3) is 11.1 Å². The lowest BCUT2D eigenvalue weighted by molar-refractivity contribution is -0.274. The van der Waals surface area contributed by atoms with E-state index in [0.29, 0.717) is 16.7 Å². The SMILES string of the molecule is CN1C(=N)N[C@](C)(c2cccc(-c3cccc(OC(F)(F)F)c3)c2)NC1=O. The van der Waals surface area contributed by atoms with Gasteiger partial charge in [0.15, 0.2) is 0 Å². The van der Waals surface area contributed by atoms with Crippen molar-refractivity contribution in [2.45, 2.75) is 18.9 Å². The van der Waals surface area contributed by atoms with Gasteiger partial charge in [0.2, 0.25) is 5.96 Å². The summed E-state index contributed by atoms with van der Waals surface area (Å²) in [5.41, 5.74) is 0.782. The minimum absolute atomic E-state index is 0.0628. The summed E-state index contributed by atoms with van der Waals surface area (Å²) in [4.78, 5) is 13.2. The van der Waals surface area contributed by atoms with E-state index in [2.05, 4.69) is 15.4 Å². The number of hydrogen-bond donors (Lipinski definition) is 3. The minimum atomic E-state index is -4.77. The molecule has 1 aliphatic heterocycles. The van der Waals surface area contributed by atoms with Crippen molar-refractivity contribution in [1.82, 2.24) is 15.5 Å². The third kappa shape index (κ3) is 3.97. The summed E-state index contributed by atoms with van der Waals surface area (Å²) in [6.45, 7) is 1.70. The summed E-state index contributed by atoms with van der Waals surface area (Å²) in [7, 11) is 1.47. The van der Waals surface area contributed by atoms with Gasteiger partial charge in [-0.15, -0.1) is 13.2 Å². The van der Waals surface area contributed by atoms with Crippen LogP contribution in [0.5, 0.6) is 5.75 Å². The lowest BCUT2D eigenvalue weighted by atomic mass is 9.95. The van der Waals surface area contributed by atoms with Crippen LogP contribution in [0, 0.1) is 5.41 Å². The van der Waals surface area contributed by atoms with Gasteiger partial charge >= 0.3 is 12.4 Å². The Morgan fingerprint density at radius 3 is 2.33 bits per heavy atom. The topological polar surface area (TPSA) is 77.5 Å². The molecule has 1 saturated heterocycles. The standard InChI is InChI=1S/C18H17F3N4O2/c1-17(23-15(22)25(2)16(26)24-17)13-7-3-5-11(9-13)12-6-4-8-14(10-12)27-18(19,20)21/h3-10H,1-2H3,(H2,22,23)(H,24,26)/t17-/m0/s1. The van der Waals surface area contributed by atoms with Crippen molar-refractivity contribution in [2.75, 3.05) is 7.05 Å². The van der Waals surface area contributed by atoms with Crippen molar-refractivity contribution in [3.05, 3.63) is 54.1 Å². The normalized spacial score (nSPS) is 20.1. The number of benzene rings is 2. The van der Waals surface area contributed by atoms with Gasteiger partial charge in [0.25, 0.3) is 0 Å². The number of halogens is 3. The molecule has 3 N–H and O–H groups in total. The van der Waals surface area contributed by atoms with Gasteiger partial charge in [-0.1, -0.05) is 30.3 Å². The van der Waals surface area contributed by atoms with Crippen LogP contribution in [0.15, 0.2) is 48.5 Å². The smallest absolute Gasteiger partial charge is 0.406 e. The molecule has 0 aromatic heterocycles. The maximum absolute atomic E-state index is 12.4. The van der Waals surface area contributed by atoms with Crippen molar-refractivity contribution in [2.24, 2.45) is 0 Å². The number of rotatable bonds is 3. The number of amides is 2. The second-order valence-corrected chi connectivity index (χ2v) is 6.24. The fraction of sp³-hybridized carbons (Fsp3) is 0.222. The highest BCUT2D eigenvalue weighted by Gasteiger charge is 2.37. The fourth-order valence-corrected chi connectivity index (χ4v) is 2.78. The first-order chi connectivity index (χ1) is 12.6. The van der Waals surface area contributed by atoms with Crippen molar-refractivity contribution < 1.29 is 22.7 Å². The van der Waals surface area contributed by atoms with E-state index in [1.807, 2.05) is 0 Å². The van der Waals surface area contributed by atoms with Gasteiger partial charge in [0, 0.05) is 7.05 Å². The van der Waals surface area contributed by atoms with Gasteiger partial charge in [-0.2, -0.15) is 0 Å². The highest BCUT2D eigenvalue weighted by atomic mass is 19.4. The van der Waals surface area contributed by atoms with Crippen molar-refractivity contribution in [3.63, 3.8) is 0 Å². The number of carbonyl (C=O) groups is 1. The maximum Gasteiger partial charge on any atom is 0.573 e. The molecule has 0 unspecified atom stereocenters. The Labute approximate surface area is 153 Å². The molecule has 6 nitrogen and oxygen atoms in total. The number of carbonyl (C=O) groups excluding carboxylic acids is 1. The Hall–Kier alpha value is -3.23.